The molecule has 1 heterocycles. The summed E-state index contributed by atoms with van der Waals surface area (Å²) in [4.78, 5) is 13.9. The highest BCUT2D eigenvalue weighted by atomic mass is 32.1. The molecule has 0 bridgehead atoms. The van der Waals surface area contributed by atoms with Crippen LogP contribution < -0.4 is 0 Å². The lowest BCUT2D eigenvalue weighted by Gasteiger charge is -2.38. The Bertz CT molecular complexity index is 395. The van der Waals surface area contributed by atoms with Crippen LogP contribution in [-0.4, -0.2) is 18.0 Å². The monoisotopic (exact) mass is 280 g/mol. The first-order valence-electron chi connectivity index (χ1n) is 7.36. The molecule has 106 valence electrons. The van der Waals surface area contributed by atoms with E-state index in [4.69, 9.17) is 4.74 Å². The molecular formula is C16H24O2S. The predicted octanol–water partition coefficient (Wildman–Crippen LogP) is 4.24. The molecule has 3 heteroatoms. The maximum atomic E-state index is 12.6. The Labute approximate surface area is 120 Å². The average Bonchev–Trinajstić information content (AvgIpc) is 2.89. The van der Waals surface area contributed by atoms with Gasteiger partial charge in [-0.05, 0) is 50.0 Å². The van der Waals surface area contributed by atoms with E-state index in [0.29, 0.717) is 24.7 Å². The van der Waals surface area contributed by atoms with E-state index in [-0.39, 0.29) is 0 Å². The van der Waals surface area contributed by atoms with E-state index in [9.17, 15) is 4.79 Å². The molecule has 2 unspecified atom stereocenters. The third-order valence-corrected chi connectivity index (χ3v) is 5.00. The van der Waals surface area contributed by atoms with Gasteiger partial charge in [0.25, 0.3) is 0 Å². The second-order valence-electron chi connectivity index (χ2n) is 5.63. The molecule has 1 fully saturated rings. The fourth-order valence-corrected chi connectivity index (χ4v) is 3.87. The smallest absolute Gasteiger partial charge is 0.164 e. The summed E-state index contributed by atoms with van der Waals surface area (Å²) in [7, 11) is 0. The molecule has 0 saturated heterocycles. The van der Waals surface area contributed by atoms with Crippen LogP contribution in [0.15, 0.2) is 17.5 Å². The first-order valence-corrected chi connectivity index (χ1v) is 8.24. The van der Waals surface area contributed by atoms with Crippen LogP contribution >= 0.6 is 11.3 Å². The Morgan fingerprint density at radius 1 is 1.58 bits per heavy atom. The first-order chi connectivity index (χ1) is 9.16. The minimum atomic E-state index is -0.482. The van der Waals surface area contributed by atoms with E-state index in [1.54, 1.807) is 11.3 Å². The average molecular weight is 280 g/mol. The van der Waals surface area contributed by atoms with Crippen LogP contribution in [0.1, 0.15) is 50.8 Å². The normalized spacial score (nSPS) is 27.4. The molecule has 0 spiro atoms. The third-order valence-electron chi connectivity index (χ3n) is 4.06. The molecule has 0 N–H and O–H groups in total. The van der Waals surface area contributed by atoms with Crippen LogP contribution in [0.4, 0.5) is 0 Å². The van der Waals surface area contributed by atoms with Crippen LogP contribution in [0, 0.1) is 5.92 Å². The maximum Gasteiger partial charge on any atom is 0.164 e. The quantitative estimate of drug-likeness (QED) is 0.779. The van der Waals surface area contributed by atoms with Crippen molar-refractivity contribution in [2.24, 2.45) is 5.92 Å². The van der Waals surface area contributed by atoms with Crippen LogP contribution in [0.5, 0.6) is 0 Å². The van der Waals surface area contributed by atoms with Gasteiger partial charge >= 0.3 is 0 Å². The number of thiophene rings is 1. The minimum absolute atomic E-state index is 0.314. The van der Waals surface area contributed by atoms with Crippen molar-refractivity contribution < 1.29 is 9.53 Å². The molecule has 0 radical (unpaired) electrons. The van der Waals surface area contributed by atoms with Gasteiger partial charge in [0.1, 0.15) is 5.60 Å². The summed E-state index contributed by atoms with van der Waals surface area (Å²) in [5, 5.41) is 2.07. The van der Waals surface area contributed by atoms with Crippen molar-refractivity contribution in [2.45, 2.75) is 58.0 Å². The summed E-state index contributed by atoms with van der Waals surface area (Å²) in [6.45, 7) is 4.87. The lowest BCUT2D eigenvalue weighted by Crippen LogP contribution is -2.45. The summed E-state index contributed by atoms with van der Waals surface area (Å²) in [6.07, 6.45) is 5.64. The number of ketones is 1. The standard InChI is InChI=1S/C16H24O2S/c1-3-18-16(10-4-6-13(2)12-16)15(17)9-8-14-7-5-11-19-14/h5,7,11,13H,3-4,6,8-10,12H2,1-2H3. The van der Waals surface area contributed by atoms with Crippen molar-refractivity contribution >= 4 is 17.1 Å². The van der Waals surface area contributed by atoms with Gasteiger partial charge < -0.3 is 4.74 Å². The minimum Gasteiger partial charge on any atom is -0.367 e. The Balaban J connectivity index is 1.99. The second-order valence-corrected chi connectivity index (χ2v) is 6.66. The Kier molecular flexibility index (Phi) is 5.17. The zero-order valence-corrected chi connectivity index (χ0v) is 12.8. The molecule has 0 amide bonds. The SMILES string of the molecule is CCOC1(C(=O)CCc2cccs2)CCCC(C)C1. The molecule has 0 aliphatic heterocycles. The van der Waals surface area contributed by atoms with Crippen LogP contribution in [0.25, 0.3) is 0 Å². The Hall–Kier alpha value is -0.670. The van der Waals surface area contributed by atoms with E-state index >= 15 is 0 Å². The number of Topliss-reactive ketones (excluding diaryl/α,β-unsaturated/α-hetero) is 1. The first kappa shape index (κ1) is 14.7. The molecule has 1 aliphatic carbocycles. The zero-order chi connectivity index (χ0) is 13.7. The molecule has 2 rings (SSSR count). The number of carbonyl (C=O) groups excluding carboxylic acids is 1. The van der Waals surface area contributed by atoms with Gasteiger partial charge in [-0.15, -0.1) is 11.3 Å². The number of rotatable bonds is 6. The van der Waals surface area contributed by atoms with E-state index in [1.165, 1.54) is 11.3 Å². The molecule has 0 aromatic carbocycles. The lowest BCUT2D eigenvalue weighted by atomic mass is 9.75. The van der Waals surface area contributed by atoms with Gasteiger partial charge in [-0.3, -0.25) is 4.79 Å². The van der Waals surface area contributed by atoms with Gasteiger partial charge in [0, 0.05) is 17.9 Å². The van der Waals surface area contributed by atoms with Crippen molar-refractivity contribution in [3.63, 3.8) is 0 Å². The molecule has 1 aromatic rings. The zero-order valence-electron chi connectivity index (χ0n) is 12.0. The molecule has 1 aromatic heterocycles. The van der Waals surface area contributed by atoms with Gasteiger partial charge in [-0.25, -0.2) is 0 Å². The predicted molar refractivity (Wildman–Crippen MR) is 79.6 cm³/mol. The largest absolute Gasteiger partial charge is 0.367 e. The highest BCUT2D eigenvalue weighted by Gasteiger charge is 2.41. The van der Waals surface area contributed by atoms with Crippen molar-refractivity contribution in [1.82, 2.24) is 0 Å². The number of hydrogen-bond acceptors (Lipinski definition) is 3. The Morgan fingerprint density at radius 3 is 3.05 bits per heavy atom. The van der Waals surface area contributed by atoms with Crippen LogP contribution in [-0.2, 0) is 16.0 Å². The van der Waals surface area contributed by atoms with Gasteiger partial charge in [0.2, 0.25) is 0 Å². The third kappa shape index (κ3) is 3.67. The lowest BCUT2D eigenvalue weighted by molar-refractivity contribution is -0.151. The second kappa shape index (κ2) is 6.67. The van der Waals surface area contributed by atoms with E-state index in [0.717, 1.165) is 25.7 Å². The van der Waals surface area contributed by atoms with Crippen molar-refractivity contribution in [2.75, 3.05) is 6.61 Å². The highest BCUT2D eigenvalue weighted by molar-refractivity contribution is 7.09. The molecule has 2 atom stereocenters. The van der Waals surface area contributed by atoms with Gasteiger partial charge in [0.05, 0.1) is 0 Å². The summed E-state index contributed by atoms with van der Waals surface area (Å²) < 4.78 is 5.93. The van der Waals surface area contributed by atoms with Gasteiger partial charge in [0.15, 0.2) is 5.78 Å². The van der Waals surface area contributed by atoms with Crippen LogP contribution in [0.3, 0.4) is 0 Å². The molecule has 1 saturated carbocycles. The number of aryl methyl sites for hydroxylation is 1. The molecular weight excluding hydrogens is 256 g/mol. The molecule has 2 nitrogen and oxygen atoms in total. The highest BCUT2D eigenvalue weighted by Crippen LogP contribution is 2.37. The number of ether oxygens (including phenoxy) is 1. The molecule has 19 heavy (non-hydrogen) atoms. The summed E-state index contributed by atoms with van der Waals surface area (Å²) in [5.41, 5.74) is -0.482. The summed E-state index contributed by atoms with van der Waals surface area (Å²) in [6, 6.07) is 4.15. The van der Waals surface area contributed by atoms with Gasteiger partial charge in [-0.1, -0.05) is 19.4 Å². The van der Waals surface area contributed by atoms with E-state index < -0.39 is 5.60 Å². The van der Waals surface area contributed by atoms with Crippen LogP contribution in [0.2, 0.25) is 0 Å². The van der Waals surface area contributed by atoms with Crippen molar-refractivity contribution in [3.8, 4) is 0 Å². The Morgan fingerprint density at radius 2 is 2.42 bits per heavy atom. The fraction of sp³-hybridized carbons (Fsp3) is 0.688. The fourth-order valence-electron chi connectivity index (χ4n) is 3.16. The number of carbonyl (C=O) groups is 1. The van der Waals surface area contributed by atoms with E-state index in [1.807, 2.05) is 13.0 Å². The molecule has 1 aliphatic rings. The van der Waals surface area contributed by atoms with Gasteiger partial charge in [-0.2, -0.15) is 0 Å². The van der Waals surface area contributed by atoms with Crippen molar-refractivity contribution in [3.05, 3.63) is 22.4 Å². The number of hydrogen-bond donors (Lipinski definition) is 0. The maximum absolute atomic E-state index is 12.6. The van der Waals surface area contributed by atoms with Crippen molar-refractivity contribution in [1.29, 1.82) is 0 Å². The summed E-state index contributed by atoms with van der Waals surface area (Å²) in [5.74, 6) is 0.917. The topological polar surface area (TPSA) is 26.3 Å². The van der Waals surface area contributed by atoms with E-state index in [2.05, 4.69) is 18.4 Å². The summed E-state index contributed by atoms with van der Waals surface area (Å²) >= 11 is 1.73.